The number of carboxylic acids is 1. The molecule has 1 rings (SSSR count). The molecule has 0 bridgehead atoms. The van der Waals surface area contributed by atoms with Crippen LogP contribution >= 0.6 is 0 Å². The van der Waals surface area contributed by atoms with Crippen molar-refractivity contribution in [2.24, 2.45) is 5.41 Å². The van der Waals surface area contributed by atoms with Crippen molar-refractivity contribution in [2.45, 2.75) is 27.2 Å². The Kier molecular flexibility index (Phi) is 3.12. The fourth-order valence-corrected chi connectivity index (χ4v) is 1.40. The Morgan fingerprint density at radius 1 is 1.47 bits per heavy atom. The lowest BCUT2D eigenvalue weighted by atomic mass is 9.85. The molecule has 82 valence electrons. The molecule has 0 saturated heterocycles. The molecule has 0 aliphatic carbocycles. The van der Waals surface area contributed by atoms with E-state index in [9.17, 15) is 9.18 Å². The summed E-state index contributed by atoms with van der Waals surface area (Å²) in [6.07, 6.45) is 0.406. The van der Waals surface area contributed by atoms with Gasteiger partial charge in [-0.15, -0.1) is 0 Å². The third kappa shape index (κ3) is 2.78. The van der Waals surface area contributed by atoms with Gasteiger partial charge in [0, 0.05) is 0 Å². The Morgan fingerprint density at radius 3 is 2.53 bits per heavy atom. The van der Waals surface area contributed by atoms with Gasteiger partial charge in [0.2, 0.25) is 0 Å². The van der Waals surface area contributed by atoms with Crippen LogP contribution in [0.2, 0.25) is 0 Å². The molecular weight excluding hydrogens is 195 g/mol. The van der Waals surface area contributed by atoms with Crippen LogP contribution in [0, 0.1) is 18.2 Å². The highest BCUT2D eigenvalue weighted by Crippen LogP contribution is 2.23. The summed E-state index contributed by atoms with van der Waals surface area (Å²) in [5.74, 6) is -1.10. The van der Waals surface area contributed by atoms with Crippen molar-refractivity contribution in [2.75, 3.05) is 0 Å². The minimum atomic E-state index is -0.843. The quantitative estimate of drug-likeness (QED) is 0.832. The van der Waals surface area contributed by atoms with E-state index >= 15 is 0 Å². The van der Waals surface area contributed by atoms with Crippen LogP contribution in [0.1, 0.15) is 25.0 Å². The lowest BCUT2D eigenvalue weighted by Gasteiger charge is -2.19. The van der Waals surface area contributed by atoms with Gasteiger partial charge in [-0.25, -0.2) is 4.39 Å². The molecule has 0 radical (unpaired) electrons. The minimum absolute atomic E-state index is 0.258. The molecule has 15 heavy (non-hydrogen) atoms. The predicted octanol–water partition coefficient (Wildman–Crippen LogP) is 2.79. The molecule has 0 aliphatic rings. The van der Waals surface area contributed by atoms with Crippen LogP contribution in [0.25, 0.3) is 0 Å². The number of hydrogen-bond acceptors (Lipinski definition) is 1. The Morgan fingerprint density at radius 2 is 2.07 bits per heavy atom. The highest BCUT2D eigenvalue weighted by Gasteiger charge is 2.27. The van der Waals surface area contributed by atoms with E-state index in [1.54, 1.807) is 32.9 Å². The summed E-state index contributed by atoms with van der Waals surface area (Å²) in [7, 11) is 0. The first-order valence-electron chi connectivity index (χ1n) is 4.81. The highest BCUT2D eigenvalue weighted by atomic mass is 19.1. The molecule has 0 aromatic heterocycles. The third-order valence-electron chi connectivity index (χ3n) is 2.45. The second-order valence-electron chi connectivity index (χ2n) is 4.45. The Bertz CT molecular complexity index is 383. The van der Waals surface area contributed by atoms with Crippen molar-refractivity contribution in [1.29, 1.82) is 0 Å². The molecule has 0 heterocycles. The van der Waals surface area contributed by atoms with E-state index in [1.165, 1.54) is 6.07 Å². The number of rotatable bonds is 3. The topological polar surface area (TPSA) is 37.3 Å². The zero-order chi connectivity index (χ0) is 11.6. The Hall–Kier alpha value is -1.38. The van der Waals surface area contributed by atoms with E-state index in [0.717, 1.165) is 5.56 Å². The first-order valence-corrected chi connectivity index (χ1v) is 4.81. The number of halogens is 1. The zero-order valence-corrected chi connectivity index (χ0v) is 9.17. The molecule has 1 aromatic carbocycles. The summed E-state index contributed by atoms with van der Waals surface area (Å²) in [6, 6.07) is 4.70. The third-order valence-corrected chi connectivity index (χ3v) is 2.45. The maximum Gasteiger partial charge on any atom is 0.309 e. The molecule has 3 heteroatoms. The summed E-state index contributed by atoms with van der Waals surface area (Å²) in [5.41, 5.74) is 0.583. The number of aliphatic carboxylic acids is 1. The van der Waals surface area contributed by atoms with E-state index < -0.39 is 11.4 Å². The molecule has 0 aliphatic heterocycles. The van der Waals surface area contributed by atoms with Crippen molar-refractivity contribution in [3.05, 3.63) is 35.1 Å². The molecule has 0 saturated carbocycles. The summed E-state index contributed by atoms with van der Waals surface area (Å²) >= 11 is 0. The molecule has 2 nitrogen and oxygen atoms in total. The molecule has 1 N–H and O–H groups in total. The molecular formula is C12H15FO2. The van der Waals surface area contributed by atoms with Crippen LogP contribution in [0.3, 0.4) is 0 Å². The zero-order valence-electron chi connectivity index (χ0n) is 9.17. The minimum Gasteiger partial charge on any atom is -0.481 e. The molecule has 0 amide bonds. The maximum absolute atomic E-state index is 13.0. The fourth-order valence-electron chi connectivity index (χ4n) is 1.40. The van der Waals surface area contributed by atoms with Crippen molar-refractivity contribution in [3.8, 4) is 0 Å². The summed E-state index contributed by atoms with van der Waals surface area (Å²) in [5, 5.41) is 8.95. The monoisotopic (exact) mass is 210 g/mol. The van der Waals surface area contributed by atoms with Crippen LogP contribution in [-0.4, -0.2) is 11.1 Å². The van der Waals surface area contributed by atoms with Crippen molar-refractivity contribution >= 4 is 5.97 Å². The summed E-state index contributed by atoms with van der Waals surface area (Å²) in [4.78, 5) is 10.9. The Labute approximate surface area is 88.7 Å². The molecule has 0 unspecified atom stereocenters. The predicted molar refractivity (Wildman–Crippen MR) is 56.3 cm³/mol. The van der Waals surface area contributed by atoms with Gasteiger partial charge in [0.25, 0.3) is 0 Å². The van der Waals surface area contributed by atoms with E-state index in [0.29, 0.717) is 12.0 Å². The van der Waals surface area contributed by atoms with Crippen LogP contribution < -0.4 is 0 Å². The van der Waals surface area contributed by atoms with Crippen molar-refractivity contribution in [3.63, 3.8) is 0 Å². The van der Waals surface area contributed by atoms with Crippen molar-refractivity contribution < 1.29 is 14.3 Å². The van der Waals surface area contributed by atoms with Crippen LogP contribution in [0.4, 0.5) is 4.39 Å². The van der Waals surface area contributed by atoms with Gasteiger partial charge >= 0.3 is 5.97 Å². The molecule has 0 spiro atoms. The van der Waals surface area contributed by atoms with E-state index in [4.69, 9.17) is 5.11 Å². The maximum atomic E-state index is 13.0. The second kappa shape index (κ2) is 4.01. The van der Waals surface area contributed by atoms with E-state index in [-0.39, 0.29) is 5.82 Å². The van der Waals surface area contributed by atoms with Crippen molar-refractivity contribution in [1.82, 2.24) is 0 Å². The summed E-state index contributed by atoms with van der Waals surface area (Å²) in [6.45, 7) is 4.99. The lowest BCUT2D eigenvalue weighted by Crippen LogP contribution is -2.26. The van der Waals surface area contributed by atoms with Gasteiger partial charge in [-0.3, -0.25) is 4.79 Å². The highest BCUT2D eigenvalue weighted by molar-refractivity contribution is 5.74. The molecule has 0 fully saturated rings. The average molecular weight is 210 g/mol. The van der Waals surface area contributed by atoms with Gasteiger partial charge in [-0.1, -0.05) is 12.1 Å². The smallest absolute Gasteiger partial charge is 0.309 e. The lowest BCUT2D eigenvalue weighted by molar-refractivity contribution is -0.146. The SMILES string of the molecule is Cc1cc(CC(C)(C)C(=O)O)ccc1F. The second-order valence-corrected chi connectivity index (χ2v) is 4.45. The van der Waals surface area contributed by atoms with Gasteiger partial charge in [0.15, 0.2) is 0 Å². The van der Waals surface area contributed by atoms with E-state index in [2.05, 4.69) is 0 Å². The largest absolute Gasteiger partial charge is 0.481 e. The first kappa shape index (κ1) is 11.7. The standard InChI is InChI=1S/C12H15FO2/c1-8-6-9(4-5-10(8)13)7-12(2,3)11(14)15/h4-6H,7H2,1-3H3,(H,14,15). The van der Waals surface area contributed by atoms with Gasteiger partial charge in [-0.2, -0.15) is 0 Å². The number of benzene rings is 1. The van der Waals surface area contributed by atoms with Gasteiger partial charge in [-0.05, 0) is 44.4 Å². The molecule has 1 aromatic rings. The number of carbonyl (C=O) groups is 1. The van der Waals surface area contributed by atoms with Gasteiger partial charge < -0.3 is 5.11 Å². The van der Waals surface area contributed by atoms with E-state index in [1.807, 2.05) is 0 Å². The number of carboxylic acid groups (broad SMARTS) is 1. The van der Waals surface area contributed by atoms with Crippen LogP contribution in [0.5, 0.6) is 0 Å². The average Bonchev–Trinajstić information content (AvgIpc) is 2.10. The normalized spacial score (nSPS) is 11.5. The summed E-state index contributed by atoms with van der Waals surface area (Å²) < 4.78 is 13.0. The van der Waals surface area contributed by atoms with Crippen LogP contribution in [-0.2, 0) is 11.2 Å². The van der Waals surface area contributed by atoms with Gasteiger partial charge in [0.05, 0.1) is 5.41 Å². The fraction of sp³-hybridized carbons (Fsp3) is 0.417. The first-order chi connectivity index (χ1) is 6.83. The number of hydrogen-bond donors (Lipinski definition) is 1. The molecule has 0 atom stereocenters. The Balaban J connectivity index is 2.91. The number of aryl methyl sites for hydroxylation is 1. The van der Waals surface area contributed by atoms with Gasteiger partial charge in [0.1, 0.15) is 5.82 Å². The van der Waals surface area contributed by atoms with Crippen LogP contribution in [0.15, 0.2) is 18.2 Å².